The lowest BCUT2D eigenvalue weighted by molar-refractivity contribution is 0.581. The van der Waals surface area contributed by atoms with Gasteiger partial charge in [-0.1, -0.05) is 18.2 Å². The molecule has 3 aromatic rings. The number of nitrogens with zero attached hydrogens (tertiary/aromatic N) is 3. The molecular weight excluding hydrogens is 326 g/mol. The number of fused-ring (bicyclic) bond motifs is 3. The molecule has 0 aliphatic heterocycles. The monoisotopic (exact) mass is 347 g/mol. The predicted octanol–water partition coefficient (Wildman–Crippen LogP) is 1.58. The quantitative estimate of drug-likeness (QED) is 0.659. The maximum Gasteiger partial charge on any atom is 0.208 e. The molecule has 0 amide bonds. The third-order valence-corrected chi connectivity index (χ3v) is 4.76. The van der Waals surface area contributed by atoms with E-state index in [1.807, 2.05) is 36.0 Å². The van der Waals surface area contributed by atoms with Crippen LogP contribution in [0.2, 0.25) is 0 Å². The lowest BCUT2D eigenvalue weighted by Crippen LogP contribution is -2.23. The van der Waals surface area contributed by atoms with Crippen molar-refractivity contribution < 1.29 is 8.42 Å². The molecule has 3 rings (SSSR count). The van der Waals surface area contributed by atoms with E-state index in [0.29, 0.717) is 12.4 Å². The van der Waals surface area contributed by atoms with Gasteiger partial charge in [0.15, 0.2) is 5.82 Å². The first-order valence-corrected chi connectivity index (χ1v) is 9.70. The van der Waals surface area contributed by atoms with Gasteiger partial charge in [-0.2, -0.15) is 5.10 Å². The van der Waals surface area contributed by atoms with Crippen LogP contribution in [0.4, 0.5) is 5.82 Å². The molecule has 0 spiro atoms. The van der Waals surface area contributed by atoms with Crippen LogP contribution in [0.5, 0.6) is 0 Å². The maximum atomic E-state index is 11.1. The van der Waals surface area contributed by atoms with Crippen LogP contribution in [0.15, 0.2) is 24.3 Å². The Morgan fingerprint density at radius 2 is 2.00 bits per heavy atom. The average molecular weight is 347 g/mol. The average Bonchev–Trinajstić information content (AvgIpc) is 2.84. The fourth-order valence-corrected chi connectivity index (χ4v) is 3.46. The van der Waals surface area contributed by atoms with Gasteiger partial charge in [0, 0.05) is 30.1 Å². The Balaban J connectivity index is 1.89. The van der Waals surface area contributed by atoms with E-state index in [4.69, 9.17) is 5.73 Å². The second kappa shape index (κ2) is 6.37. The Morgan fingerprint density at radius 1 is 1.25 bits per heavy atom. The number of sulfonamides is 1. The van der Waals surface area contributed by atoms with Gasteiger partial charge in [0.25, 0.3) is 0 Å². The van der Waals surface area contributed by atoms with Gasteiger partial charge in [0.1, 0.15) is 5.52 Å². The number of hydrogen-bond acceptors (Lipinski definition) is 5. The van der Waals surface area contributed by atoms with E-state index in [2.05, 4.69) is 14.8 Å². The summed E-state index contributed by atoms with van der Waals surface area (Å²) in [6, 6.07) is 7.89. The summed E-state index contributed by atoms with van der Waals surface area (Å²) in [5, 5.41) is 6.60. The molecule has 0 aliphatic carbocycles. The fourth-order valence-electron chi connectivity index (χ4n) is 2.95. The maximum absolute atomic E-state index is 11.1. The van der Waals surface area contributed by atoms with E-state index < -0.39 is 10.0 Å². The highest BCUT2D eigenvalue weighted by molar-refractivity contribution is 7.88. The van der Waals surface area contributed by atoms with Gasteiger partial charge in [-0.25, -0.2) is 18.1 Å². The number of aromatic nitrogens is 3. The Hall–Kier alpha value is -2.19. The minimum Gasteiger partial charge on any atom is -0.382 e. The summed E-state index contributed by atoms with van der Waals surface area (Å²) < 4.78 is 26.5. The van der Waals surface area contributed by atoms with Crippen molar-refractivity contribution >= 4 is 37.6 Å². The molecular formula is C16H21N5O2S. The van der Waals surface area contributed by atoms with Gasteiger partial charge in [0.05, 0.1) is 11.8 Å². The molecule has 8 heteroatoms. The van der Waals surface area contributed by atoms with E-state index in [1.54, 1.807) is 0 Å². The van der Waals surface area contributed by atoms with E-state index >= 15 is 0 Å². The second-order valence-electron chi connectivity index (χ2n) is 5.93. The van der Waals surface area contributed by atoms with Crippen molar-refractivity contribution in [3.05, 3.63) is 30.0 Å². The molecule has 1 aromatic carbocycles. The number of nitrogens with one attached hydrogen (secondary N) is 1. The van der Waals surface area contributed by atoms with Crippen molar-refractivity contribution in [1.29, 1.82) is 0 Å². The number of benzene rings is 1. The Labute approximate surface area is 140 Å². The molecule has 0 radical (unpaired) electrons. The number of hydrogen-bond donors (Lipinski definition) is 2. The molecule has 7 nitrogen and oxygen atoms in total. The molecule has 24 heavy (non-hydrogen) atoms. The SMILES string of the molecule is Cn1nc2c(N)nc3ccccc3c2c1CCCCNS(C)(=O)=O. The lowest BCUT2D eigenvalue weighted by atomic mass is 10.1. The molecule has 0 atom stereocenters. The molecule has 3 N–H and O–H groups in total. The first-order chi connectivity index (χ1) is 11.4. The normalized spacial score (nSPS) is 12.2. The third kappa shape index (κ3) is 3.34. The van der Waals surface area contributed by atoms with Gasteiger partial charge in [0.2, 0.25) is 10.0 Å². The van der Waals surface area contributed by atoms with E-state index in [9.17, 15) is 8.42 Å². The van der Waals surface area contributed by atoms with Crippen molar-refractivity contribution in [2.45, 2.75) is 19.3 Å². The predicted molar refractivity (Wildman–Crippen MR) is 96.2 cm³/mol. The smallest absolute Gasteiger partial charge is 0.208 e. The third-order valence-electron chi connectivity index (χ3n) is 4.03. The molecule has 0 saturated carbocycles. The largest absolute Gasteiger partial charge is 0.382 e. The topological polar surface area (TPSA) is 103 Å². The molecule has 0 fully saturated rings. The summed E-state index contributed by atoms with van der Waals surface area (Å²) in [5.41, 5.74) is 8.74. The van der Waals surface area contributed by atoms with Crippen LogP contribution in [-0.4, -0.2) is 36.0 Å². The molecule has 0 aliphatic rings. The highest BCUT2D eigenvalue weighted by Crippen LogP contribution is 2.30. The van der Waals surface area contributed by atoms with Crippen LogP contribution >= 0.6 is 0 Å². The van der Waals surface area contributed by atoms with Crippen LogP contribution in [0.3, 0.4) is 0 Å². The first-order valence-electron chi connectivity index (χ1n) is 7.81. The Morgan fingerprint density at radius 3 is 2.75 bits per heavy atom. The number of nitrogen functional groups attached to an aromatic ring is 1. The van der Waals surface area contributed by atoms with Crippen LogP contribution < -0.4 is 10.5 Å². The first kappa shape index (κ1) is 16.7. The summed E-state index contributed by atoms with van der Waals surface area (Å²) in [6.07, 6.45) is 3.58. The summed E-state index contributed by atoms with van der Waals surface area (Å²) in [4.78, 5) is 4.42. The van der Waals surface area contributed by atoms with Gasteiger partial charge in [-0.05, 0) is 25.3 Å². The zero-order chi connectivity index (χ0) is 17.3. The Bertz CT molecular complexity index is 995. The van der Waals surface area contributed by atoms with Crippen LogP contribution in [0.1, 0.15) is 18.5 Å². The second-order valence-corrected chi connectivity index (χ2v) is 7.76. The fraction of sp³-hybridized carbons (Fsp3) is 0.375. The van der Waals surface area contributed by atoms with Crippen molar-refractivity contribution in [2.24, 2.45) is 7.05 Å². The summed E-state index contributed by atoms with van der Waals surface area (Å²) in [6.45, 7) is 0.444. The lowest BCUT2D eigenvalue weighted by Gasteiger charge is -2.06. The van der Waals surface area contributed by atoms with Gasteiger partial charge < -0.3 is 5.73 Å². The number of unbranched alkanes of at least 4 members (excludes halogenated alkanes) is 1. The van der Waals surface area contributed by atoms with Crippen LogP contribution in [0, 0.1) is 0 Å². The van der Waals surface area contributed by atoms with E-state index in [-0.39, 0.29) is 0 Å². The number of anilines is 1. The number of rotatable bonds is 6. The van der Waals surface area contributed by atoms with Gasteiger partial charge in [-0.3, -0.25) is 4.68 Å². The minimum absolute atomic E-state index is 0.435. The van der Waals surface area contributed by atoms with Crippen molar-refractivity contribution in [1.82, 2.24) is 19.5 Å². The van der Waals surface area contributed by atoms with E-state index in [1.165, 1.54) is 6.26 Å². The molecule has 0 unspecified atom stereocenters. The summed E-state index contributed by atoms with van der Waals surface area (Å²) in [5.74, 6) is 0.435. The highest BCUT2D eigenvalue weighted by Gasteiger charge is 2.15. The number of pyridine rings is 1. The standard InChI is InChI=1S/C16H21N5O2S/c1-21-13(9-5-6-10-18-24(2,22)23)14-11-7-3-4-8-12(11)19-16(17)15(14)20-21/h3-4,7-8,18H,5-6,9-10H2,1-2H3,(H2,17,19). The minimum atomic E-state index is -3.13. The summed E-state index contributed by atoms with van der Waals surface area (Å²) in [7, 11) is -1.23. The summed E-state index contributed by atoms with van der Waals surface area (Å²) >= 11 is 0. The number of aryl methyl sites for hydroxylation is 2. The zero-order valence-electron chi connectivity index (χ0n) is 13.8. The van der Waals surface area contributed by atoms with E-state index in [0.717, 1.165) is 46.8 Å². The van der Waals surface area contributed by atoms with Crippen molar-refractivity contribution in [3.8, 4) is 0 Å². The number of para-hydroxylation sites is 1. The molecule has 2 heterocycles. The molecule has 0 saturated heterocycles. The van der Waals surface area contributed by atoms with Gasteiger partial charge in [-0.15, -0.1) is 0 Å². The van der Waals surface area contributed by atoms with Crippen molar-refractivity contribution in [2.75, 3.05) is 18.5 Å². The molecule has 0 bridgehead atoms. The van der Waals surface area contributed by atoms with Crippen molar-refractivity contribution in [3.63, 3.8) is 0 Å². The van der Waals surface area contributed by atoms with Crippen LogP contribution in [0.25, 0.3) is 21.8 Å². The highest BCUT2D eigenvalue weighted by atomic mass is 32.2. The zero-order valence-corrected chi connectivity index (χ0v) is 14.6. The van der Waals surface area contributed by atoms with Gasteiger partial charge >= 0.3 is 0 Å². The van der Waals surface area contributed by atoms with Crippen LogP contribution in [-0.2, 0) is 23.5 Å². The number of nitrogens with two attached hydrogens (primary N) is 1. The molecule has 2 aromatic heterocycles. The Kier molecular flexibility index (Phi) is 4.42. The molecule has 128 valence electrons.